The van der Waals surface area contributed by atoms with Crippen LogP contribution in [0.15, 0.2) is 53.1 Å². The quantitative estimate of drug-likeness (QED) is 0.739. The Morgan fingerprint density at radius 2 is 2.00 bits per heavy atom. The average molecular weight is 271 g/mol. The van der Waals surface area contributed by atoms with Crippen LogP contribution in [0.2, 0.25) is 0 Å². The van der Waals surface area contributed by atoms with Crippen molar-refractivity contribution >= 4 is 12.2 Å². The van der Waals surface area contributed by atoms with Crippen LogP contribution in [0, 0.1) is 4.77 Å². The maximum atomic E-state index is 5.34. The third-order valence-electron chi connectivity index (χ3n) is 2.95. The zero-order chi connectivity index (χ0) is 13.1. The number of hydrogen-bond donors (Lipinski definition) is 1. The molecule has 0 saturated heterocycles. The van der Waals surface area contributed by atoms with E-state index >= 15 is 0 Å². The fourth-order valence-corrected chi connectivity index (χ4v) is 2.23. The zero-order valence-electron chi connectivity index (χ0n) is 10.2. The molecule has 0 fully saturated rings. The summed E-state index contributed by atoms with van der Waals surface area (Å²) in [4.78, 5) is 0. The summed E-state index contributed by atoms with van der Waals surface area (Å²) in [5, 5.41) is 7.15. The van der Waals surface area contributed by atoms with Gasteiger partial charge in [-0.3, -0.25) is 9.67 Å². The van der Waals surface area contributed by atoms with Crippen LogP contribution in [0.5, 0.6) is 0 Å². The molecule has 0 bridgehead atoms. The number of nitrogens with one attached hydrogen (secondary N) is 1. The SMILES string of the molecule is S=c1[nH]nc(-c2ccccc2)n1CCc1ccco1. The minimum atomic E-state index is 0.630. The molecule has 1 N–H and O–H groups in total. The van der Waals surface area contributed by atoms with Crippen molar-refractivity contribution in [3.05, 3.63) is 59.3 Å². The summed E-state index contributed by atoms with van der Waals surface area (Å²) in [6, 6.07) is 13.9. The lowest BCUT2D eigenvalue weighted by Gasteiger charge is -2.05. The Kier molecular flexibility index (Phi) is 3.29. The Labute approximate surface area is 115 Å². The highest BCUT2D eigenvalue weighted by molar-refractivity contribution is 7.71. The molecular formula is C14H13N3OS. The van der Waals surface area contributed by atoms with E-state index in [0.717, 1.165) is 30.1 Å². The van der Waals surface area contributed by atoms with Crippen molar-refractivity contribution in [2.45, 2.75) is 13.0 Å². The molecule has 0 aliphatic rings. The second-order valence-electron chi connectivity index (χ2n) is 4.20. The number of benzene rings is 1. The Morgan fingerprint density at radius 1 is 1.16 bits per heavy atom. The van der Waals surface area contributed by atoms with Gasteiger partial charge in [-0.15, -0.1) is 0 Å². The van der Waals surface area contributed by atoms with E-state index in [1.807, 2.05) is 47.0 Å². The molecule has 0 aliphatic carbocycles. The first-order valence-electron chi connectivity index (χ1n) is 6.07. The van der Waals surface area contributed by atoms with Crippen molar-refractivity contribution in [3.63, 3.8) is 0 Å². The molecule has 0 spiro atoms. The fourth-order valence-electron chi connectivity index (χ4n) is 2.01. The van der Waals surface area contributed by atoms with Gasteiger partial charge in [0.2, 0.25) is 0 Å². The number of H-pyrrole nitrogens is 1. The second-order valence-corrected chi connectivity index (χ2v) is 4.59. The highest BCUT2D eigenvalue weighted by Crippen LogP contribution is 2.17. The fraction of sp³-hybridized carbons (Fsp3) is 0.143. The summed E-state index contributed by atoms with van der Waals surface area (Å²) in [5.41, 5.74) is 1.05. The molecule has 0 aliphatic heterocycles. The first-order valence-corrected chi connectivity index (χ1v) is 6.48. The van der Waals surface area contributed by atoms with E-state index in [0.29, 0.717) is 4.77 Å². The monoisotopic (exact) mass is 271 g/mol. The van der Waals surface area contributed by atoms with Gasteiger partial charge in [-0.25, -0.2) is 0 Å². The van der Waals surface area contributed by atoms with Crippen LogP contribution >= 0.6 is 12.2 Å². The zero-order valence-corrected chi connectivity index (χ0v) is 11.1. The molecule has 3 rings (SSSR count). The predicted octanol–water partition coefficient (Wildman–Crippen LogP) is 3.44. The molecule has 2 aromatic heterocycles. The van der Waals surface area contributed by atoms with E-state index in [9.17, 15) is 0 Å². The summed E-state index contributed by atoms with van der Waals surface area (Å²) in [6.07, 6.45) is 2.47. The molecule has 96 valence electrons. The number of nitrogens with zero attached hydrogens (tertiary/aromatic N) is 2. The summed E-state index contributed by atoms with van der Waals surface area (Å²) >= 11 is 5.28. The highest BCUT2D eigenvalue weighted by Gasteiger charge is 2.08. The van der Waals surface area contributed by atoms with Gasteiger partial charge in [0.25, 0.3) is 0 Å². The molecule has 3 aromatic rings. The van der Waals surface area contributed by atoms with E-state index in [4.69, 9.17) is 16.6 Å². The van der Waals surface area contributed by atoms with Crippen molar-refractivity contribution in [1.29, 1.82) is 0 Å². The van der Waals surface area contributed by atoms with Crippen molar-refractivity contribution in [2.24, 2.45) is 0 Å². The molecule has 19 heavy (non-hydrogen) atoms. The van der Waals surface area contributed by atoms with Crippen LogP contribution in [0.4, 0.5) is 0 Å². The van der Waals surface area contributed by atoms with Crippen LogP contribution in [0.1, 0.15) is 5.76 Å². The summed E-state index contributed by atoms with van der Waals surface area (Å²) in [7, 11) is 0. The standard InChI is InChI=1S/C14H13N3OS/c19-14-16-15-13(11-5-2-1-3-6-11)17(14)9-8-12-7-4-10-18-12/h1-7,10H,8-9H2,(H,16,19). The lowest BCUT2D eigenvalue weighted by molar-refractivity contribution is 0.491. The average Bonchev–Trinajstić information content (AvgIpc) is 3.07. The van der Waals surface area contributed by atoms with Crippen molar-refractivity contribution in [2.75, 3.05) is 0 Å². The van der Waals surface area contributed by atoms with Gasteiger partial charge >= 0.3 is 0 Å². The first-order chi connectivity index (χ1) is 9.34. The smallest absolute Gasteiger partial charge is 0.195 e. The van der Waals surface area contributed by atoms with Gasteiger partial charge in [0.15, 0.2) is 10.6 Å². The molecule has 4 nitrogen and oxygen atoms in total. The Morgan fingerprint density at radius 3 is 2.74 bits per heavy atom. The van der Waals surface area contributed by atoms with Gasteiger partial charge in [-0.1, -0.05) is 30.3 Å². The number of aromatic nitrogens is 3. The lowest BCUT2D eigenvalue weighted by Crippen LogP contribution is -2.03. The van der Waals surface area contributed by atoms with Gasteiger partial charge in [0, 0.05) is 18.5 Å². The second kappa shape index (κ2) is 5.24. The van der Waals surface area contributed by atoms with Gasteiger partial charge in [-0.2, -0.15) is 5.10 Å². The van der Waals surface area contributed by atoms with Crippen molar-refractivity contribution < 1.29 is 4.42 Å². The molecule has 1 aromatic carbocycles. The minimum absolute atomic E-state index is 0.630. The molecule has 0 unspecified atom stereocenters. The van der Waals surface area contributed by atoms with Gasteiger partial charge < -0.3 is 4.42 Å². The van der Waals surface area contributed by atoms with E-state index in [2.05, 4.69) is 10.2 Å². The first kappa shape index (κ1) is 11.9. The largest absolute Gasteiger partial charge is 0.469 e. The molecule has 0 atom stereocenters. The third kappa shape index (κ3) is 2.51. The summed E-state index contributed by atoms with van der Waals surface area (Å²) in [6.45, 7) is 0.743. The van der Waals surface area contributed by atoms with E-state index in [1.54, 1.807) is 6.26 Å². The van der Waals surface area contributed by atoms with Crippen LogP contribution in [-0.4, -0.2) is 14.8 Å². The maximum Gasteiger partial charge on any atom is 0.195 e. The molecule has 0 radical (unpaired) electrons. The predicted molar refractivity (Wildman–Crippen MR) is 75.3 cm³/mol. The summed E-state index contributed by atoms with van der Waals surface area (Å²) in [5.74, 6) is 1.80. The summed E-state index contributed by atoms with van der Waals surface area (Å²) < 4.78 is 7.96. The van der Waals surface area contributed by atoms with E-state index in [1.165, 1.54) is 0 Å². The van der Waals surface area contributed by atoms with E-state index in [-0.39, 0.29) is 0 Å². The maximum absolute atomic E-state index is 5.34. The van der Waals surface area contributed by atoms with Gasteiger partial charge in [0.1, 0.15) is 5.76 Å². The van der Waals surface area contributed by atoms with Crippen molar-refractivity contribution in [1.82, 2.24) is 14.8 Å². The number of aryl methyl sites for hydroxylation is 1. The number of aromatic amines is 1. The highest BCUT2D eigenvalue weighted by atomic mass is 32.1. The van der Waals surface area contributed by atoms with Crippen LogP contribution in [0.25, 0.3) is 11.4 Å². The Hall–Kier alpha value is -2.14. The number of furan rings is 1. The number of rotatable bonds is 4. The van der Waals surface area contributed by atoms with Crippen LogP contribution < -0.4 is 0 Å². The van der Waals surface area contributed by atoms with E-state index < -0.39 is 0 Å². The normalized spacial score (nSPS) is 10.7. The molecule has 0 saturated carbocycles. The molecule has 5 heteroatoms. The van der Waals surface area contributed by atoms with Crippen molar-refractivity contribution in [3.8, 4) is 11.4 Å². The van der Waals surface area contributed by atoms with Crippen LogP contribution in [0.3, 0.4) is 0 Å². The molecule has 0 amide bonds. The topological polar surface area (TPSA) is 46.8 Å². The Balaban J connectivity index is 1.89. The lowest BCUT2D eigenvalue weighted by atomic mass is 10.2. The van der Waals surface area contributed by atoms with Crippen LogP contribution in [-0.2, 0) is 13.0 Å². The van der Waals surface area contributed by atoms with Gasteiger partial charge in [0.05, 0.1) is 6.26 Å². The molecule has 2 heterocycles. The minimum Gasteiger partial charge on any atom is -0.469 e. The third-order valence-corrected chi connectivity index (χ3v) is 3.26. The molecular weight excluding hydrogens is 258 g/mol. The number of hydrogen-bond acceptors (Lipinski definition) is 3. The van der Waals surface area contributed by atoms with Gasteiger partial charge in [-0.05, 0) is 24.4 Å². The Bertz CT molecular complexity index is 698.